The van der Waals surface area contributed by atoms with Gasteiger partial charge in [-0.05, 0) is 43.7 Å². The highest BCUT2D eigenvalue weighted by atomic mass is 19.1. The van der Waals surface area contributed by atoms with Crippen molar-refractivity contribution in [3.63, 3.8) is 0 Å². The van der Waals surface area contributed by atoms with Gasteiger partial charge in [0.2, 0.25) is 0 Å². The monoisotopic (exact) mass is 389 g/mol. The number of nitrogens with zero attached hydrogens (tertiary/aromatic N) is 2. The summed E-state index contributed by atoms with van der Waals surface area (Å²) >= 11 is 0. The van der Waals surface area contributed by atoms with E-state index >= 15 is 0 Å². The zero-order chi connectivity index (χ0) is 20.3. The fourth-order valence-corrected chi connectivity index (χ4v) is 3.63. The van der Waals surface area contributed by atoms with Gasteiger partial charge >= 0.3 is 0 Å². The number of amides is 1. The van der Waals surface area contributed by atoms with Gasteiger partial charge < -0.3 is 9.88 Å². The molecule has 2 aromatic rings. The van der Waals surface area contributed by atoms with E-state index in [9.17, 15) is 18.4 Å². The van der Waals surface area contributed by atoms with Gasteiger partial charge in [-0.2, -0.15) is 0 Å². The van der Waals surface area contributed by atoms with E-state index in [1.165, 1.54) is 24.4 Å². The van der Waals surface area contributed by atoms with Gasteiger partial charge in [-0.25, -0.2) is 13.8 Å². The van der Waals surface area contributed by atoms with Crippen molar-refractivity contribution in [2.75, 3.05) is 13.1 Å². The molecule has 0 bridgehead atoms. The number of benzene rings is 1. The second kappa shape index (κ2) is 8.63. The third kappa shape index (κ3) is 4.46. The Hall–Kier alpha value is -2.57. The summed E-state index contributed by atoms with van der Waals surface area (Å²) in [6.45, 7) is 4.86. The molecular weight excluding hydrogens is 364 g/mol. The van der Waals surface area contributed by atoms with Crippen molar-refractivity contribution in [1.29, 1.82) is 0 Å². The van der Waals surface area contributed by atoms with Crippen LogP contribution in [0.15, 0.2) is 29.2 Å². The summed E-state index contributed by atoms with van der Waals surface area (Å²) in [7, 11) is 0. The number of hydrogen-bond donors (Lipinski definition) is 1. The number of hydrogen-bond acceptors (Lipinski definition) is 3. The first-order valence-corrected chi connectivity index (χ1v) is 9.68. The molecule has 1 aromatic heterocycles. The van der Waals surface area contributed by atoms with Gasteiger partial charge in [-0.3, -0.25) is 9.59 Å². The number of aromatic nitrogens is 2. The molecule has 150 valence electrons. The average molecular weight is 389 g/mol. The van der Waals surface area contributed by atoms with Crippen LogP contribution in [0.3, 0.4) is 0 Å². The first kappa shape index (κ1) is 20.2. The first-order chi connectivity index (χ1) is 13.4. The summed E-state index contributed by atoms with van der Waals surface area (Å²) in [5.74, 6) is -0.664. The molecule has 0 aliphatic carbocycles. The van der Waals surface area contributed by atoms with Crippen molar-refractivity contribution in [1.82, 2.24) is 14.9 Å². The molecule has 1 saturated heterocycles. The lowest BCUT2D eigenvalue weighted by Crippen LogP contribution is -2.42. The van der Waals surface area contributed by atoms with E-state index in [1.54, 1.807) is 4.90 Å². The lowest BCUT2D eigenvalue weighted by atomic mass is 9.91. The first-order valence-electron chi connectivity index (χ1n) is 9.68. The highest BCUT2D eigenvalue weighted by Gasteiger charge is 2.26. The molecule has 7 heteroatoms. The average Bonchev–Trinajstić information content (AvgIpc) is 2.67. The Morgan fingerprint density at radius 2 is 2.04 bits per heavy atom. The van der Waals surface area contributed by atoms with Crippen molar-refractivity contribution in [3.05, 3.63) is 63.3 Å². The maximum Gasteiger partial charge on any atom is 0.263 e. The molecule has 1 N–H and O–H groups in total. The van der Waals surface area contributed by atoms with Gasteiger partial charge in [0.25, 0.3) is 11.5 Å². The summed E-state index contributed by atoms with van der Waals surface area (Å²) in [6, 6.07) is 3.87. The van der Waals surface area contributed by atoms with Crippen LogP contribution in [0.5, 0.6) is 0 Å². The SMILES string of the molecule is CC(C)c1ncc(C(=O)N2CCCC(CCc3c(F)cccc3F)C2)c(=O)[nH]1. The Morgan fingerprint density at radius 1 is 1.32 bits per heavy atom. The maximum absolute atomic E-state index is 13.8. The minimum absolute atomic E-state index is 0.0326. The standard InChI is InChI=1S/C21H25F2N3O2/c1-13(2)19-24-11-16(20(27)25-19)21(28)26-10-4-5-14(12-26)8-9-15-17(22)6-3-7-18(15)23/h3,6-7,11,13-14H,4-5,8-10,12H2,1-2H3,(H,24,25,27). The number of rotatable bonds is 5. The summed E-state index contributed by atoms with van der Waals surface area (Å²) in [5.41, 5.74) is -0.305. The molecule has 1 amide bonds. The van der Waals surface area contributed by atoms with Gasteiger partial charge in [0.1, 0.15) is 23.0 Å². The fourth-order valence-electron chi connectivity index (χ4n) is 3.63. The molecule has 1 unspecified atom stereocenters. The van der Waals surface area contributed by atoms with Crippen molar-refractivity contribution in [2.24, 2.45) is 5.92 Å². The summed E-state index contributed by atoms with van der Waals surface area (Å²) in [4.78, 5) is 33.5. The largest absolute Gasteiger partial charge is 0.338 e. The third-order valence-electron chi connectivity index (χ3n) is 5.27. The number of halogens is 2. The van der Waals surface area contributed by atoms with E-state index < -0.39 is 17.2 Å². The van der Waals surface area contributed by atoms with Crippen LogP contribution in [-0.2, 0) is 6.42 Å². The second-order valence-corrected chi connectivity index (χ2v) is 7.66. The Bertz CT molecular complexity index is 891. The zero-order valence-electron chi connectivity index (χ0n) is 16.2. The van der Waals surface area contributed by atoms with Crippen molar-refractivity contribution in [2.45, 2.75) is 45.4 Å². The predicted molar refractivity (Wildman–Crippen MR) is 102 cm³/mol. The third-order valence-corrected chi connectivity index (χ3v) is 5.27. The minimum atomic E-state index is -0.536. The van der Waals surface area contributed by atoms with E-state index in [0.717, 1.165) is 12.8 Å². The molecule has 28 heavy (non-hydrogen) atoms. The zero-order valence-corrected chi connectivity index (χ0v) is 16.2. The van der Waals surface area contributed by atoms with Gasteiger partial charge in [0, 0.05) is 30.8 Å². The van der Waals surface area contributed by atoms with Crippen LogP contribution in [0, 0.1) is 17.6 Å². The van der Waals surface area contributed by atoms with Gasteiger partial charge in [-0.1, -0.05) is 19.9 Å². The van der Waals surface area contributed by atoms with Crippen LogP contribution in [0.4, 0.5) is 8.78 Å². The van der Waals surface area contributed by atoms with E-state index in [0.29, 0.717) is 25.3 Å². The Morgan fingerprint density at radius 3 is 2.68 bits per heavy atom. The highest BCUT2D eigenvalue weighted by molar-refractivity contribution is 5.93. The van der Waals surface area contributed by atoms with E-state index in [1.807, 2.05) is 13.8 Å². The lowest BCUT2D eigenvalue weighted by Gasteiger charge is -2.32. The number of carbonyl (C=O) groups excluding carboxylic acids is 1. The van der Waals surface area contributed by atoms with Crippen LogP contribution in [-0.4, -0.2) is 33.9 Å². The quantitative estimate of drug-likeness (QED) is 0.849. The molecule has 1 aromatic carbocycles. The molecule has 0 spiro atoms. The van der Waals surface area contributed by atoms with E-state index in [4.69, 9.17) is 0 Å². The van der Waals surface area contributed by atoms with Crippen LogP contribution >= 0.6 is 0 Å². The molecular formula is C21H25F2N3O2. The lowest BCUT2D eigenvalue weighted by molar-refractivity contribution is 0.0665. The molecule has 1 aliphatic rings. The molecule has 5 nitrogen and oxygen atoms in total. The topological polar surface area (TPSA) is 66.1 Å². The molecule has 0 saturated carbocycles. The summed E-state index contributed by atoms with van der Waals surface area (Å²) in [5, 5.41) is 0. The number of nitrogens with one attached hydrogen (secondary N) is 1. The normalized spacial score (nSPS) is 17.2. The van der Waals surface area contributed by atoms with Gasteiger partial charge in [0.05, 0.1) is 0 Å². The summed E-state index contributed by atoms with van der Waals surface area (Å²) in [6.07, 6.45) is 3.90. The smallest absolute Gasteiger partial charge is 0.263 e. The molecule has 0 radical (unpaired) electrons. The molecule has 1 fully saturated rings. The van der Waals surface area contributed by atoms with Gasteiger partial charge in [0.15, 0.2) is 0 Å². The van der Waals surface area contributed by atoms with Crippen LogP contribution < -0.4 is 5.56 Å². The number of H-pyrrole nitrogens is 1. The molecule has 2 heterocycles. The Labute approximate surface area is 162 Å². The molecule has 1 atom stereocenters. The van der Waals surface area contributed by atoms with Crippen LogP contribution in [0.25, 0.3) is 0 Å². The second-order valence-electron chi connectivity index (χ2n) is 7.66. The minimum Gasteiger partial charge on any atom is -0.338 e. The molecule has 3 rings (SSSR count). The summed E-state index contributed by atoms with van der Waals surface area (Å²) < 4.78 is 27.6. The molecule has 1 aliphatic heterocycles. The fraction of sp³-hybridized carbons (Fsp3) is 0.476. The highest BCUT2D eigenvalue weighted by Crippen LogP contribution is 2.24. The van der Waals surface area contributed by atoms with Crippen molar-refractivity contribution >= 4 is 5.91 Å². The van der Waals surface area contributed by atoms with Crippen molar-refractivity contribution < 1.29 is 13.6 Å². The van der Waals surface area contributed by atoms with E-state index in [2.05, 4.69) is 9.97 Å². The van der Waals surface area contributed by atoms with E-state index in [-0.39, 0.29) is 35.3 Å². The Balaban J connectivity index is 1.66. The number of carbonyl (C=O) groups is 1. The Kier molecular flexibility index (Phi) is 6.21. The predicted octanol–water partition coefficient (Wildman–Crippen LogP) is 3.66. The maximum atomic E-state index is 13.8. The van der Waals surface area contributed by atoms with Crippen molar-refractivity contribution in [3.8, 4) is 0 Å². The number of aromatic amines is 1. The van der Waals surface area contributed by atoms with Crippen LogP contribution in [0.1, 0.15) is 60.8 Å². The van der Waals surface area contributed by atoms with Crippen LogP contribution in [0.2, 0.25) is 0 Å². The van der Waals surface area contributed by atoms with Gasteiger partial charge in [-0.15, -0.1) is 0 Å². The number of piperidine rings is 1. The number of likely N-dealkylation sites (tertiary alicyclic amines) is 1.